The molecular weight excluding hydrogens is 1330 g/mol. The summed E-state index contributed by atoms with van der Waals surface area (Å²) >= 11 is 6.22. The summed E-state index contributed by atoms with van der Waals surface area (Å²) in [6.07, 6.45) is 23.6. The number of rotatable bonds is 28. The predicted molar refractivity (Wildman–Crippen MR) is 408 cm³/mol. The lowest BCUT2D eigenvalue weighted by Crippen LogP contribution is -2.41. The molecule has 1 aromatic heterocycles. The molecule has 103 heavy (non-hydrogen) atoms. The Morgan fingerprint density at radius 2 is 0.621 bits per heavy atom. The average molecular weight is 1410 g/mol. The Bertz CT molecular complexity index is 5310. The largest absolute Gasteiger partial charge is 0.493 e. The van der Waals surface area contributed by atoms with Crippen molar-refractivity contribution in [2.45, 2.75) is 149 Å². The van der Waals surface area contributed by atoms with Crippen molar-refractivity contribution in [3.05, 3.63) is 163 Å². The maximum atomic E-state index is 14.2. The van der Waals surface area contributed by atoms with Crippen molar-refractivity contribution in [1.29, 1.82) is 0 Å². The van der Waals surface area contributed by atoms with Gasteiger partial charge in [0.25, 0.3) is 47.3 Å². The Balaban J connectivity index is 0.000000168. The van der Waals surface area contributed by atoms with E-state index in [4.69, 9.17) is 26.4 Å². The molecule has 0 aliphatic carbocycles. The van der Waals surface area contributed by atoms with Crippen molar-refractivity contribution in [2.24, 2.45) is 0 Å². The van der Waals surface area contributed by atoms with E-state index in [-0.39, 0.29) is 35.3 Å². The highest BCUT2D eigenvalue weighted by molar-refractivity contribution is 7.73. The molecule has 524 valence electrons. The van der Waals surface area contributed by atoms with Gasteiger partial charge in [0.2, 0.25) is 10.9 Å². The first-order valence-electron chi connectivity index (χ1n) is 36.4. The number of ether oxygens (including phenoxy) is 3. The summed E-state index contributed by atoms with van der Waals surface area (Å²) in [5.74, 6) is -1.43. The number of aromatic nitrogens is 2. The van der Waals surface area contributed by atoms with Gasteiger partial charge in [-0.1, -0.05) is 189 Å². The van der Waals surface area contributed by atoms with Gasteiger partial charge in [0.15, 0.2) is 15.5 Å². The summed E-state index contributed by atoms with van der Waals surface area (Å²) in [7, 11) is 4.56. The van der Waals surface area contributed by atoms with Gasteiger partial charge in [-0.05, 0) is 156 Å². The molecule has 19 heteroatoms. The van der Waals surface area contributed by atoms with Crippen LogP contribution in [-0.2, 0) is 6.54 Å². The van der Waals surface area contributed by atoms with Gasteiger partial charge >= 0.3 is 0 Å². The van der Waals surface area contributed by atoms with Crippen LogP contribution in [0.15, 0.2) is 109 Å². The topological polar surface area (TPSA) is 206 Å². The van der Waals surface area contributed by atoms with Crippen molar-refractivity contribution in [3.8, 4) is 17.2 Å². The van der Waals surface area contributed by atoms with Crippen LogP contribution >= 0.6 is 23.6 Å². The van der Waals surface area contributed by atoms with E-state index in [1.807, 2.05) is 72.8 Å². The predicted octanol–water partition coefficient (Wildman–Crippen LogP) is 19.6. The van der Waals surface area contributed by atoms with E-state index in [9.17, 15) is 38.4 Å². The van der Waals surface area contributed by atoms with Crippen molar-refractivity contribution in [1.82, 2.24) is 24.9 Å². The summed E-state index contributed by atoms with van der Waals surface area (Å²) < 4.78 is 16.9. The Kier molecular flexibility index (Phi) is 19.0. The van der Waals surface area contributed by atoms with Gasteiger partial charge in [-0.2, -0.15) is 0 Å². The van der Waals surface area contributed by atoms with Crippen LogP contribution in [0.5, 0.6) is 17.2 Å². The molecule has 17 nitrogen and oxygen atoms in total. The van der Waals surface area contributed by atoms with Crippen molar-refractivity contribution in [3.63, 3.8) is 0 Å². The van der Waals surface area contributed by atoms with Gasteiger partial charge < -0.3 is 14.2 Å². The molecule has 0 spiro atoms. The highest BCUT2D eigenvalue weighted by Crippen LogP contribution is 2.50. The SMILES string of the molecule is CCCCCCCCCCCCN1C(=O)c2ccc3c4ccc5c6c(ccc(c7ccc(c2c37)C1=O)c64)C(=O)N(Cc1cc(OC)c(OC)c(OC)c1)C5=O.CCCCCCCCCCCCN1C(=O)c2ccc3c4ccc5c6c(ccc(c7ccc(c2c37)C1=O)c64)C(=O)N(c1n[nH]c(=S)s1)C5=O. The smallest absolute Gasteiger partial charge is 0.267 e. The van der Waals surface area contributed by atoms with E-state index in [2.05, 4.69) is 24.0 Å². The van der Waals surface area contributed by atoms with E-state index < -0.39 is 23.6 Å². The van der Waals surface area contributed by atoms with Crippen molar-refractivity contribution < 1.29 is 52.6 Å². The highest BCUT2D eigenvalue weighted by atomic mass is 32.1. The number of benzene rings is 11. The van der Waals surface area contributed by atoms with Crippen molar-refractivity contribution in [2.75, 3.05) is 39.3 Å². The van der Waals surface area contributed by atoms with Crippen LogP contribution < -0.4 is 19.1 Å². The number of imide groups is 4. The molecule has 0 bridgehead atoms. The van der Waals surface area contributed by atoms with Crippen LogP contribution in [0.4, 0.5) is 5.13 Å². The second-order valence-corrected chi connectivity index (χ2v) is 29.4. The number of unbranched alkanes of at least 4 members (excludes halogenated alkanes) is 18. The molecule has 8 amide bonds. The molecule has 0 saturated carbocycles. The number of carbonyl (C=O) groups is 8. The minimum atomic E-state index is -0.455. The molecule has 12 aromatic rings. The maximum absolute atomic E-state index is 14.2. The number of hydrogen-bond acceptors (Lipinski definition) is 14. The minimum absolute atomic E-state index is 0.00474. The summed E-state index contributed by atoms with van der Waals surface area (Å²) in [6, 6.07) is 33.3. The first-order valence-corrected chi connectivity index (χ1v) is 37.7. The second-order valence-electron chi connectivity index (χ2n) is 27.7. The number of amides is 8. The Labute approximate surface area is 604 Å². The normalized spacial score (nSPS) is 14.3. The number of methoxy groups -OCH3 is 3. The number of nitrogens with one attached hydrogen (secondary N) is 1. The van der Waals surface area contributed by atoms with E-state index >= 15 is 0 Å². The van der Waals surface area contributed by atoms with E-state index in [0.29, 0.717) is 106 Å². The highest BCUT2D eigenvalue weighted by Gasteiger charge is 2.41. The van der Waals surface area contributed by atoms with Gasteiger partial charge in [0.1, 0.15) is 0 Å². The fourth-order valence-corrected chi connectivity index (χ4v) is 17.5. The molecule has 16 rings (SSSR count). The number of carbonyl (C=O) groups excluding carboxylic acids is 8. The molecule has 5 heterocycles. The van der Waals surface area contributed by atoms with Gasteiger partial charge in [0, 0.05) is 79.1 Å². The van der Waals surface area contributed by atoms with Crippen LogP contribution in [0, 0.1) is 3.95 Å². The number of nitrogens with zero attached hydrogens (tertiary/aromatic N) is 5. The van der Waals surface area contributed by atoms with Crippen LogP contribution in [0.25, 0.3) is 86.2 Å². The fourth-order valence-electron chi connectivity index (χ4n) is 16.7. The molecule has 0 fully saturated rings. The summed E-state index contributed by atoms with van der Waals surface area (Å²) in [4.78, 5) is 117. The Morgan fingerprint density at radius 1 is 0.350 bits per heavy atom. The third-order valence-electron chi connectivity index (χ3n) is 21.7. The zero-order valence-electron chi connectivity index (χ0n) is 58.7. The first kappa shape index (κ1) is 68.5. The number of anilines is 1. The van der Waals surface area contributed by atoms with Gasteiger partial charge in [-0.15, -0.1) is 5.10 Å². The minimum Gasteiger partial charge on any atom is -0.493 e. The fraction of sp³-hybridized carbons (Fsp3) is 0.333. The lowest BCUT2D eigenvalue weighted by Gasteiger charge is -2.30. The quantitative estimate of drug-likeness (QED) is 0.0159. The van der Waals surface area contributed by atoms with Gasteiger partial charge in [0.05, 0.1) is 27.9 Å². The summed E-state index contributed by atoms with van der Waals surface area (Å²) in [5, 5.41) is 19.8. The molecule has 0 atom stereocenters. The molecule has 11 aromatic carbocycles. The van der Waals surface area contributed by atoms with E-state index in [1.165, 1.54) is 126 Å². The maximum Gasteiger partial charge on any atom is 0.267 e. The zero-order chi connectivity index (χ0) is 71.5. The van der Waals surface area contributed by atoms with Crippen molar-refractivity contribution >= 4 is 162 Å². The van der Waals surface area contributed by atoms with Crippen LogP contribution in [0.1, 0.15) is 231 Å². The number of H-pyrrole nitrogens is 1. The van der Waals surface area contributed by atoms with E-state index in [1.54, 1.807) is 36.4 Å². The lowest BCUT2D eigenvalue weighted by molar-refractivity contribution is 0.0585. The number of fused-ring (bicyclic) bond motifs is 4. The molecule has 0 saturated heterocycles. The molecule has 4 aliphatic heterocycles. The van der Waals surface area contributed by atoms with Crippen LogP contribution in [-0.4, -0.2) is 107 Å². The van der Waals surface area contributed by atoms with Crippen LogP contribution in [0.3, 0.4) is 0 Å². The molecule has 0 radical (unpaired) electrons. The second kappa shape index (κ2) is 28.5. The van der Waals surface area contributed by atoms with Crippen LogP contribution in [0.2, 0.25) is 0 Å². The van der Waals surface area contributed by atoms with Gasteiger partial charge in [-0.3, -0.25) is 58.2 Å². The molecular formula is C84H80N6O11S2. The molecule has 0 unspecified atom stereocenters. The third kappa shape index (κ3) is 11.6. The zero-order valence-corrected chi connectivity index (χ0v) is 60.3. The lowest BCUT2D eigenvalue weighted by atomic mass is 9.82. The first-order chi connectivity index (χ1) is 50.2. The monoisotopic (exact) mass is 1410 g/mol. The number of aromatic amines is 1. The molecule has 4 aliphatic rings. The summed E-state index contributed by atoms with van der Waals surface area (Å²) in [5.41, 5.74) is 4.47. The standard InChI is InChI=1S/C46H46N2O7.C38H34N4O4S2/c1-5-6-7-8-9-10-11-12-13-14-23-47-43(49)32-19-15-28-30-17-21-34-41-35(22-18-31(39(30)41)29-16-20-33(44(47)50)40(32)38(28)29)46(52)48(45(34)51)26-27-24-36(53-2)42(55-4)37(25-27)54-3;1-2-3-4-5-6-7-8-9-10-11-20-41-33(43)25-16-12-21-23-14-18-27-32-28(36(46)42(35(27)45)37-39-40-38(47)48-37)19-15-24(30(23)32)22-13-17-26(34(41)44)31(25)29(21)22/h15-22,24-25H,5-14,23,26H2,1-4H3;12-19H,2-11,20H2,1H3,(H,40,47). The average Bonchev–Trinajstić information content (AvgIpc) is 0.862. The number of hydrogen-bond donors (Lipinski definition) is 1. The summed E-state index contributed by atoms with van der Waals surface area (Å²) in [6.45, 7) is 5.30. The third-order valence-corrected chi connectivity index (χ3v) is 22.8. The Hall–Kier alpha value is -10.2. The van der Waals surface area contributed by atoms with Gasteiger partial charge in [-0.25, -0.2) is 4.90 Å². The van der Waals surface area contributed by atoms with E-state index in [0.717, 1.165) is 119 Å². The Morgan fingerprint density at radius 3 is 0.883 bits per heavy atom. The molecule has 1 N–H and O–H groups in total.